The molecular weight excluding hydrogens is 504 g/mol. The van der Waals surface area contributed by atoms with Crippen molar-refractivity contribution in [2.24, 2.45) is 11.8 Å². The summed E-state index contributed by atoms with van der Waals surface area (Å²) in [4.78, 5) is 55.3. The number of hydrogen-bond acceptors (Lipinski definition) is 9. The van der Waals surface area contributed by atoms with Crippen LogP contribution in [0.4, 0.5) is 27.0 Å². The number of nitrogens with one attached hydrogen (secondary N) is 2. The van der Waals surface area contributed by atoms with Crippen LogP contribution in [0.3, 0.4) is 0 Å². The number of carbonyl (C=O) groups is 3. The first-order valence-electron chi connectivity index (χ1n) is 12.8. The van der Waals surface area contributed by atoms with Crippen molar-refractivity contribution in [1.29, 1.82) is 0 Å². The van der Waals surface area contributed by atoms with Crippen molar-refractivity contribution < 1.29 is 14.4 Å². The minimum absolute atomic E-state index is 0.0683. The van der Waals surface area contributed by atoms with Gasteiger partial charge in [-0.05, 0) is 37.0 Å². The van der Waals surface area contributed by atoms with Gasteiger partial charge < -0.3 is 24.9 Å². The molecule has 12 heteroatoms. The molecular formula is C26H30N8O3S. The number of likely N-dealkylation sites (N-methyl/N-ethyl adjacent to an activating group) is 1. The highest BCUT2D eigenvalue weighted by molar-refractivity contribution is 8.18. The molecule has 198 valence electrons. The van der Waals surface area contributed by atoms with Crippen LogP contribution in [-0.4, -0.2) is 96.4 Å². The summed E-state index contributed by atoms with van der Waals surface area (Å²) in [6.45, 7) is 6.49. The number of likely N-dealkylation sites (tertiary alicyclic amines) is 1. The number of fused-ring (bicyclic) bond motifs is 1. The molecule has 4 fully saturated rings. The molecule has 4 aliphatic rings. The molecule has 4 aliphatic heterocycles. The zero-order valence-electron chi connectivity index (χ0n) is 21.2. The Bertz CT molecular complexity index is 1270. The SMILES string of the molecule is CN1CCN(c2cc(/C=C3\SC(=O)NC3=O)nc(N3CC4CN(C(=O)Nc5ccccc5)CC4C3)n2)CC1. The average Bonchev–Trinajstić information content (AvgIpc) is 3.58. The Labute approximate surface area is 225 Å². The van der Waals surface area contributed by atoms with Crippen molar-refractivity contribution in [3.8, 4) is 0 Å². The number of benzene rings is 1. The second kappa shape index (κ2) is 10.3. The highest BCUT2D eigenvalue weighted by atomic mass is 32.2. The number of imide groups is 1. The van der Waals surface area contributed by atoms with Crippen LogP contribution in [0.15, 0.2) is 41.3 Å². The van der Waals surface area contributed by atoms with E-state index in [0.29, 0.717) is 41.5 Å². The number of rotatable bonds is 4. The van der Waals surface area contributed by atoms with E-state index in [4.69, 9.17) is 9.97 Å². The molecule has 4 amide bonds. The van der Waals surface area contributed by atoms with Crippen molar-refractivity contribution >= 4 is 52.5 Å². The second-order valence-corrected chi connectivity index (χ2v) is 11.2. The maximum absolute atomic E-state index is 12.8. The molecule has 0 bridgehead atoms. The topological polar surface area (TPSA) is 114 Å². The van der Waals surface area contributed by atoms with Gasteiger partial charge in [-0.2, -0.15) is 4.98 Å². The lowest BCUT2D eigenvalue weighted by atomic mass is 10.0. The monoisotopic (exact) mass is 534 g/mol. The predicted octanol–water partition coefficient (Wildman–Crippen LogP) is 2.15. The molecule has 2 unspecified atom stereocenters. The van der Waals surface area contributed by atoms with E-state index in [1.807, 2.05) is 41.3 Å². The van der Waals surface area contributed by atoms with Gasteiger partial charge in [-0.25, -0.2) is 9.78 Å². The fourth-order valence-electron chi connectivity index (χ4n) is 5.45. The van der Waals surface area contributed by atoms with E-state index in [1.165, 1.54) is 0 Å². The first kappa shape index (κ1) is 24.7. The predicted molar refractivity (Wildman–Crippen MR) is 147 cm³/mol. The summed E-state index contributed by atoms with van der Waals surface area (Å²) in [6.07, 6.45) is 1.67. The Morgan fingerprint density at radius 2 is 1.71 bits per heavy atom. The molecule has 5 heterocycles. The zero-order valence-corrected chi connectivity index (χ0v) is 22.0. The van der Waals surface area contributed by atoms with Crippen LogP contribution in [0, 0.1) is 11.8 Å². The van der Waals surface area contributed by atoms with Gasteiger partial charge in [0.1, 0.15) is 5.82 Å². The van der Waals surface area contributed by atoms with Gasteiger partial charge in [0, 0.05) is 75.9 Å². The summed E-state index contributed by atoms with van der Waals surface area (Å²) < 4.78 is 0. The van der Waals surface area contributed by atoms with Gasteiger partial charge in [-0.3, -0.25) is 14.9 Å². The Morgan fingerprint density at radius 3 is 2.37 bits per heavy atom. The molecule has 0 radical (unpaired) electrons. The van der Waals surface area contributed by atoms with Crippen LogP contribution in [0.5, 0.6) is 0 Å². The van der Waals surface area contributed by atoms with E-state index in [9.17, 15) is 14.4 Å². The molecule has 1 aromatic carbocycles. The molecule has 0 saturated carbocycles. The zero-order chi connectivity index (χ0) is 26.2. The second-order valence-electron chi connectivity index (χ2n) is 10.2. The maximum atomic E-state index is 12.8. The van der Waals surface area contributed by atoms with Crippen LogP contribution in [0.1, 0.15) is 5.69 Å². The summed E-state index contributed by atoms with van der Waals surface area (Å²) in [5.41, 5.74) is 1.40. The summed E-state index contributed by atoms with van der Waals surface area (Å²) in [6, 6.07) is 11.3. The number of para-hydroxylation sites is 1. The van der Waals surface area contributed by atoms with Crippen molar-refractivity contribution in [3.63, 3.8) is 0 Å². The number of anilines is 3. The van der Waals surface area contributed by atoms with Gasteiger partial charge in [-0.15, -0.1) is 0 Å². The number of urea groups is 1. The number of amides is 4. The lowest BCUT2D eigenvalue weighted by molar-refractivity contribution is -0.115. The molecule has 11 nitrogen and oxygen atoms in total. The van der Waals surface area contributed by atoms with E-state index in [2.05, 4.69) is 32.4 Å². The minimum Gasteiger partial charge on any atom is -0.354 e. The average molecular weight is 535 g/mol. The van der Waals surface area contributed by atoms with E-state index in [0.717, 1.165) is 62.5 Å². The summed E-state index contributed by atoms with van der Waals surface area (Å²) in [5.74, 6) is 1.72. The van der Waals surface area contributed by atoms with Gasteiger partial charge in [0.2, 0.25) is 5.95 Å². The number of nitrogens with zero attached hydrogens (tertiary/aromatic N) is 6. The van der Waals surface area contributed by atoms with E-state index in [1.54, 1.807) is 6.08 Å². The molecule has 38 heavy (non-hydrogen) atoms. The third-order valence-electron chi connectivity index (χ3n) is 7.55. The summed E-state index contributed by atoms with van der Waals surface area (Å²) in [7, 11) is 2.11. The Balaban J connectivity index is 1.19. The minimum atomic E-state index is -0.397. The van der Waals surface area contributed by atoms with Gasteiger partial charge in [0.05, 0.1) is 10.6 Å². The highest BCUT2D eigenvalue weighted by Crippen LogP contribution is 2.34. The fourth-order valence-corrected chi connectivity index (χ4v) is 6.12. The number of hydrogen-bond donors (Lipinski definition) is 2. The molecule has 2 atom stereocenters. The van der Waals surface area contributed by atoms with E-state index >= 15 is 0 Å². The van der Waals surface area contributed by atoms with Gasteiger partial charge in [0.15, 0.2) is 0 Å². The Kier molecular flexibility index (Phi) is 6.66. The van der Waals surface area contributed by atoms with Crippen LogP contribution < -0.4 is 20.4 Å². The van der Waals surface area contributed by atoms with E-state index < -0.39 is 5.91 Å². The summed E-state index contributed by atoms with van der Waals surface area (Å²) >= 11 is 0.889. The first-order chi connectivity index (χ1) is 18.4. The lowest BCUT2D eigenvalue weighted by Crippen LogP contribution is -2.45. The molecule has 2 aromatic rings. The fraction of sp³-hybridized carbons (Fsp3) is 0.423. The highest BCUT2D eigenvalue weighted by Gasteiger charge is 2.42. The van der Waals surface area contributed by atoms with Crippen molar-refractivity contribution in [2.75, 3.05) is 74.5 Å². The summed E-state index contributed by atoms with van der Waals surface area (Å²) in [5, 5.41) is 4.92. The molecule has 0 spiro atoms. The Hall–Kier alpha value is -3.64. The first-order valence-corrected chi connectivity index (χ1v) is 13.7. The number of piperazine rings is 1. The molecule has 4 saturated heterocycles. The van der Waals surface area contributed by atoms with Crippen LogP contribution >= 0.6 is 11.8 Å². The van der Waals surface area contributed by atoms with Crippen molar-refractivity contribution in [3.05, 3.63) is 47.0 Å². The molecule has 0 aliphatic carbocycles. The van der Waals surface area contributed by atoms with Crippen molar-refractivity contribution in [2.45, 2.75) is 0 Å². The lowest BCUT2D eigenvalue weighted by Gasteiger charge is -2.33. The standard InChI is InChI=1S/C26H30N8O3S/c1-31-7-9-32(10-8-31)22-12-20(11-21-23(35)30-26(37)38-21)27-24(29-22)33-13-17-15-34(16-18(17)14-33)25(36)28-19-5-3-2-4-6-19/h2-6,11-12,17-18H,7-10,13-16H2,1H3,(H,28,36)(H,30,35,37)/b21-11-. The van der Waals surface area contributed by atoms with Gasteiger partial charge in [0.25, 0.3) is 11.1 Å². The molecule has 2 N–H and O–H groups in total. The Morgan fingerprint density at radius 1 is 1.00 bits per heavy atom. The third-order valence-corrected chi connectivity index (χ3v) is 8.36. The smallest absolute Gasteiger partial charge is 0.321 e. The van der Waals surface area contributed by atoms with Crippen LogP contribution in [-0.2, 0) is 4.79 Å². The normalized spacial score (nSPS) is 24.8. The van der Waals surface area contributed by atoms with Gasteiger partial charge >= 0.3 is 6.03 Å². The molecule has 1 aromatic heterocycles. The van der Waals surface area contributed by atoms with Gasteiger partial charge in [-0.1, -0.05) is 18.2 Å². The van der Waals surface area contributed by atoms with Crippen molar-refractivity contribution in [1.82, 2.24) is 25.1 Å². The van der Waals surface area contributed by atoms with Crippen LogP contribution in [0.25, 0.3) is 6.08 Å². The van der Waals surface area contributed by atoms with E-state index in [-0.39, 0.29) is 11.3 Å². The molecule has 6 rings (SSSR count). The maximum Gasteiger partial charge on any atom is 0.321 e. The van der Waals surface area contributed by atoms with Crippen LogP contribution in [0.2, 0.25) is 0 Å². The number of aromatic nitrogens is 2. The number of carbonyl (C=O) groups excluding carboxylic acids is 3. The quantitative estimate of drug-likeness (QED) is 0.570. The number of thioether (sulfide) groups is 1. The third kappa shape index (κ3) is 5.18. The largest absolute Gasteiger partial charge is 0.354 e.